The first-order valence-electron chi connectivity index (χ1n) is 7.73. The van der Waals surface area contributed by atoms with E-state index in [1.54, 1.807) is 0 Å². The molecule has 1 saturated heterocycles. The van der Waals surface area contributed by atoms with Crippen LogP contribution >= 0.6 is 0 Å². The topological polar surface area (TPSA) is 64.2 Å². The molecule has 1 atom stereocenters. The number of rotatable bonds is 4. The largest absolute Gasteiger partial charge is 0.368 e. The smallest absolute Gasteiger partial charge is 0.239 e. The SMILES string of the molecule is Cn1nccc1C1CCN(C(C(N)=O)c2ccccc2)CC1. The van der Waals surface area contributed by atoms with Crippen molar-refractivity contribution in [2.45, 2.75) is 24.8 Å². The van der Waals surface area contributed by atoms with Crippen molar-refractivity contribution in [2.75, 3.05) is 13.1 Å². The van der Waals surface area contributed by atoms with E-state index in [4.69, 9.17) is 5.73 Å². The van der Waals surface area contributed by atoms with Crippen molar-refractivity contribution in [3.8, 4) is 0 Å². The molecular weight excluding hydrogens is 276 g/mol. The first-order valence-corrected chi connectivity index (χ1v) is 7.73. The molecule has 0 radical (unpaired) electrons. The molecule has 0 bridgehead atoms. The van der Waals surface area contributed by atoms with Crippen LogP contribution in [0.3, 0.4) is 0 Å². The summed E-state index contributed by atoms with van der Waals surface area (Å²) < 4.78 is 1.95. The number of nitrogens with zero attached hydrogens (tertiary/aromatic N) is 3. The summed E-state index contributed by atoms with van der Waals surface area (Å²) in [5.74, 6) is 0.234. The average molecular weight is 298 g/mol. The summed E-state index contributed by atoms with van der Waals surface area (Å²) in [4.78, 5) is 14.1. The van der Waals surface area contributed by atoms with Crippen molar-refractivity contribution in [3.05, 3.63) is 53.9 Å². The van der Waals surface area contributed by atoms with Gasteiger partial charge in [-0.1, -0.05) is 30.3 Å². The lowest BCUT2D eigenvalue weighted by Crippen LogP contribution is -2.42. The van der Waals surface area contributed by atoms with E-state index in [1.807, 2.05) is 48.3 Å². The first kappa shape index (κ1) is 14.8. The molecule has 0 spiro atoms. The Bertz CT molecular complexity index is 629. The highest BCUT2D eigenvalue weighted by Crippen LogP contribution is 2.31. The standard InChI is InChI=1S/C17H22N4O/c1-20-15(7-10-19-20)13-8-11-21(12-9-13)16(17(18)22)14-5-3-2-4-6-14/h2-7,10,13,16H,8-9,11-12H2,1H3,(H2,18,22). The Morgan fingerprint density at radius 3 is 2.45 bits per heavy atom. The van der Waals surface area contributed by atoms with Crippen LogP contribution in [0.4, 0.5) is 0 Å². The van der Waals surface area contributed by atoms with Crippen LogP contribution in [-0.2, 0) is 11.8 Å². The Hall–Kier alpha value is -2.14. The average Bonchev–Trinajstić information content (AvgIpc) is 2.95. The Kier molecular flexibility index (Phi) is 4.24. The van der Waals surface area contributed by atoms with E-state index in [2.05, 4.69) is 16.1 Å². The van der Waals surface area contributed by atoms with Gasteiger partial charge in [0, 0.05) is 24.9 Å². The van der Waals surface area contributed by atoms with Gasteiger partial charge in [0.1, 0.15) is 6.04 Å². The van der Waals surface area contributed by atoms with E-state index < -0.39 is 0 Å². The second-order valence-electron chi connectivity index (χ2n) is 5.91. The van der Waals surface area contributed by atoms with Crippen LogP contribution in [0.2, 0.25) is 0 Å². The number of carbonyl (C=O) groups excluding carboxylic acids is 1. The highest BCUT2D eigenvalue weighted by Gasteiger charge is 2.30. The second kappa shape index (κ2) is 6.32. The number of hydrogen-bond acceptors (Lipinski definition) is 3. The van der Waals surface area contributed by atoms with E-state index in [0.29, 0.717) is 5.92 Å². The third kappa shape index (κ3) is 2.90. The molecule has 1 aliphatic rings. The fraction of sp³-hybridized carbons (Fsp3) is 0.412. The van der Waals surface area contributed by atoms with Gasteiger partial charge in [-0.2, -0.15) is 5.10 Å². The Morgan fingerprint density at radius 1 is 1.23 bits per heavy atom. The maximum Gasteiger partial charge on any atom is 0.239 e. The minimum Gasteiger partial charge on any atom is -0.368 e. The summed E-state index contributed by atoms with van der Waals surface area (Å²) in [6.07, 6.45) is 3.89. The zero-order chi connectivity index (χ0) is 15.5. The normalized spacial score (nSPS) is 18.2. The van der Waals surface area contributed by atoms with E-state index in [1.165, 1.54) is 5.69 Å². The number of hydrogen-bond donors (Lipinski definition) is 1. The molecule has 116 valence electrons. The molecule has 1 amide bonds. The van der Waals surface area contributed by atoms with Gasteiger partial charge < -0.3 is 5.73 Å². The number of piperidine rings is 1. The molecule has 1 fully saturated rings. The number of primary amides is 1. The number of carbonyl (C=O) groups is 1. The van der Waals surface area contributed by atoms with Crippen LogP contribution in [0, 0.1) is 0 Å². The minimum atomic E-state index is -0.325. The summed E-state index contributed by atoms with van der Waals surface area (Å²) in [5, 5.41) is 4.25. The molecule has 1 unspecified atom stereocenters. The van der Waals surface area contributed by atoms with Crippen molar-refractivity contribution in [2.24, 2.45) is 12.8 Å². The van der Waals surface area contributed by atoms with Gasteiger partial charge in [-0.15, -0.1) is 0 Å². The predicted molar refractivity (Wildman–Crippen MR) is 85.1 cm³/mol. The van der Waals surface area contributed by atoms with E-state index in [9.17, 15) is 4.79 Å². The van der Waals surface area contributed by atoms with E-state index in [-0.39, 0.29) is 11.9 Å². The molecular formula is C17H22N4O. The molecule has 5 nitrogen and oxygen atoms in total. The highest BCUT2D eigenvalue weighted by atomic mass is 16.1. The van der Waals surface area contributed by atoms with E-state index >= 15 is 0 Å². The van der Waals surface area contributed by atoms with Gasteiger partial charge in [-0.05, 0) is 37.6 Å². The number of nitrogens with two attached hydrogens (primary N) is 1. The zero-order valence-electron chi connectivity index (χ0n) is 12.9. The van der Waals surface area contributed by atoms with Crippen LogP contribution in [0.15, 0.2) is 42.6 Å². The summed E-state index contributed by atoms with van der Waals surface area (Å²) >= 11 is 0. The van der Waals surface area contributed by atoms with Crippen LogP contribution in [-0.4, -0.2) is 33.7 Å². The predicted octanol–water partition coefficient (Wildman–Crippen LogP) is 1.83. The van der Waals surface area contributed by atoms with Crippen molar-refractivity contribution in [1.29, 1.82) is 0 Å². The molecule has 0 aliphatic carbocycles. The molecule has 2 heterocycles. The monoisotopic (exact) mass is 298 g/mol. The van der Waals surface area contributed by atoms with Gasteiger partial charge in [0.2, 0.25) is 5.91 Å². The van der Waals surface area contributed by atoms with Crippen molar-refractivity contribution in [3.63, 3.8) is 0 Å². The van der Waals surface area contributed by atoms with Gasteiger partial charge in [0.25, 0.3) is 0 Å². The van der Waals surface area contributed by atoms with Crippen LogP contribution in [0.5, 0.6) is 0 Å². The fourth-order valence-electron chi connectivity index (χ4n) is 3.43. The molecule has 1 aromatic heterocycles. The molecule has 1 aromatic carbocycles. The molecule has 0 saturated carbocycles. The van der Waals surface area contributed by atoms with Gasteiger partial charge in [-0.25, -0.2) is 0 Å². The Morgan fingerprint density at radius 2 is 1.91 bits per heavy atom. The van der Waals surface area contributed by atoms with Crippen LogP contribution in [0.1, 0.15) is 36.1 Å². The van der Waals surface area contributed by atoms with Crippen LogP contribution in [0.25, 0.3) is 0 Å². The third-order valence-electron chi connectivity index (χ3n) is 4.56. The second-order valence-corrected chi connectivity index (χ2v) is 5.91. The lowest BCUT2D eigenvalue weighted by atomic mass is 9.91. The quantitative estimate of drug-likeness (QED) is 0.936. The Balaban J connectivity index is 1.72. The summed E-state index contributed by atoms with van der Waals surface area (Å²) in [5.41, 5.74) is 7.91. The molecule has 22 heavy (non-hydrogen) atoms. The number of benzene rings is 1. The molecule has 5 heteroatoms. The Labute approximate surface area is 130 Å². The highest BCUT2D eigenvalue weighted by molar-refractivity contribution is 5.81. The van der Waals surface area contributed by atoms with Crippen LogP contribution < -0.4 is 5.73 Å². The first-order chi connectivity index (χ1) is 10.7. The molecule has 3 rings (SSSR count). The number of amides is 1. The number of aryl methyl sites for hydroxylation is 1. The summed E-state index contributed by atoms with van der Waals surface area (Å²) in [6, 6.07) is 11.6. The lowest BCUT2D eigenvalue weighted by molar-refractivity contribution is -0.124. The van der Waals surface area contributed by atoms with Gasteiger partial charge in [-0.3, -0.25) is 14.4 Å². The molecule has 1 aliphatic heterocycles. The summed E-state index contributed by atoms with van der Waals surface area (Å²) in [6.45, 7) is 1.75. The van der Waals surface area contributed by atoms with Crippen molar-refractivity contribution < 1.29 is 4.79 Å². The lowest BCUT2D eigenvalue weighted by Gasteiger charge is -2.36. The fourth-order valence-corrected chi connectivity index (χ4v) is 3.43. The maximum atomic E-state index is 11.9. The maximum absolute atomic E-state index is 11.9. The van der Waals surface area contributed by atoms with Gasteiger partial charge in [0.15, 0.2) is 0 Å². The summed E-state index contributed by atoms with van der Waals surface area (Å²) in [7, 11) is 1.98. The van der Waals surface area contributed by atoms with Crippen molar-refractivity contribution in [1.82, 2.24) is 14.7 Å². The molecule has 2 aromatic rings. The van der Waals surface area contributed by atoms with E-state index in [0.717, 1.165) is 31.5 Å². The zero-order valence-corrected chi connectivity index (χ0v) is 12.9. The van der Waals surface area contributed by atoms with Gasteiger partial charge >= 0.3 is 0 Å². The number of likely N-dealkylation sites (tertiary alicyclic amines) is 1. The molecule has 2 N–H and O–H groups in total. The minimum absolute atomic E-state index is 0.273. The van der Waals surface area contributed by atoms with Gasteiger partial charge in [0.05, 0.1) is 0 Å². The number of aromatic nitrogens is 2. The van der Waals surface area contributed by atoms with Crippen molar-refractivity contribution >= 4 is 5.91 Å². The third-order valence-corrected chi connectivity index (χ3v) is 4.56.